The average Bonchev–Trinajstić information content (AvgIpc) is 2.40. The minimum absolute atomic E-state index is 0.242. The predicted octanol–water partition coefficient (Wildman–Crippen LogP) is 4.09. The molecule has 0 saturated heterocycles. The first kappa shape index (κ1) is 13.6. The molecule has 0 saturated carbocycles. The smallest absolute Gasteiger partial charge is 0.142 e. The normalized spacial score (nSPS) is 11.7. The van der Waals surface area contributed by atoms with Gasteiger partial charge in [0.25, 0.3) is 0 Å². The Morgan fingerprint density at radius 3 is 2.42 bits per heavy atom. The first-order chi connectivity index (χ1) is 8.95. The molecular weight excluding hydrogens is 236 g/mol. The van der Waals surface area contributed by atoms with E-state index in [9.17, 15) is 9.90 Å². The number of hydrogen-bond donors (Lipinski definition) is 1. The summed E-state index contributed by atoms with van der Waals surface area (Å²) in [5.41, 5.74) is 0.693. The van der Waals surface area contributed by atoms with Gasteiger partial charge in [0.1, 0.15) is 11.5 Å². The van der Waals surface area contributed by atoms with Crippen molar-refractivity contribution in [3.63, 3.8) is 0 Å². The van der Waals surface area contributed by atoms with Gasteiger partial charge >= 0.3 is 0 Å². The average molecular weight is 256 g/mol. The molecule has 0 bridgehead atoms. The minimum atomic E-state index is -0.293. The van der Waals surface area contributed by atoms with Crippen LogP contribution in [0, 0.1) is 5.41 Å². The van der Waals surface area contributed by atoms with Gasteiger partial charge in [0.15, 0.2) is 0 Å². The fourth-order valence-electron chi connectivity index (χ4n) is 2.12. The van der Waals surface area contributed by atoms with Gasteiger partial charge in [0, 0.05) is 17.2 Å². The SMILES string of the molecule is CCC(C)(C)C(=O)Cc1cccc2c(O)cccc12. The molecule has 0 heterocycles. The monoisotopic (exact) mass is 256 g/mol. The summed E-state index contributed by atoms with van der Waals surface area (Å²) in [6.07, 6.45) is 1.25. The lowest BCUT2D eigenvalue weighted by Crippen LogP contribution is -2.25. The van der Waals surface area contributed by atoms with Crippen LogP contribution in [0.5, 0.6) is 5.75 Å². The van der Waals surface area contributed by atoms with E-state index in [0.717, 1.165) is 22.8 Å². The van der Waals surface area contributed by atoms with Crippen molar-refractivity contribution in [1.29, 1.82) is 0 Å². The molecule has 0 aliphatic rings. The number of phenols is 1. The van der Waals surface area contributed by atoms with Gasteiger partial charge in [-0.15, -0.1) is 0 Å². The van der Waals surface area contributed by atoms with Crippen LogP contribution in [0.1, 0.15) is 32.8 Å². The zero-order valence-corrected chi connectivity index (χ0v) is 11.7. The van der Waals surface area contributed by atoms with E-state index >= 15 is 0 Å². The van der Waals surface area contributed by atoms with Crippen LogP contribution in [0.3, 0.4) is 0 Å². The standard InChI is InChI=1S/C17H20O2/c1-4-17(2,3)16(19)11-12-7-5-9-14-13(12)8-6-10-15(14)18/h5-10,18H,4,11H2,1-3H3. The maximum Gasteiger partial charge on any atom is 0.142 e. The summed E-state index contributed by atoms with van der Waals surface area (Å²) in [6, 6.07) is 11.2. The Labute approximate surface area is 114 Å². The molecule has 2 nitrogen and oxygen atoms in total. The van der Waals surface area contributed by atoms with Gasteiger partial charge in [-0.1, -0.05) is 51.1 Å². The summed E-state index contributed by atoms with van der Waals surface area (Å²) in [4.78, 5) is 12.3. The number of ketones is 1. The van der Waals surface area contributed by atoms with Crippen LogP contribution in [-0.2, 0) is 11.2 Å². The highest BCUT2D eigenvalue weighted by atomic mass is 16.3. The molecule has 0 aliphatic carbocycles. The second-order valence-electron chi connectivity index (χ2n) is 5.63. The highest BCUT2D eigenvalue weighted by molar-refractivity contribution is 5.95. The van der Waals surface area contributed by atoms with Crippen molar-refractivity contribution in [2.24, 2.45) is 5.41 Å². The van der Waals surface area contributed by atoms with E-state index in [2.05, 4.69) is 0 Å². The molecule has 0 amide bonds. The summed E-state index contributed by atoms with van der Waals surface area (Å²) in [5, 5.41) is 11.6. The second kappa shape index (κ2) is 5.04. The maximum atomic E-state index is 12.3. The van der Waals surface area contributed by atoms with Crippen molar-refractivity contribution in [3.05, 3.63) is 42.0 Å². The van der Waals surface area contributed by atoms with Crippen LogP contribution in [0.25, 0.3) is 10.8 Å². The molecule has 2 rings (SSSR count). The van der Waals surface area contributed by atoms with Gasteiger partial charge in [-0.3, -0.25) is 4.79 Å². The number of fused-ring (bicyclic) bond motifs is 1. The van der Waals surface area contributed by atoms with Crippen LogP contribution in [-0.4, -0.2) is 10.9 Å². The molecule has 2 aromatic carbocycles. The molecule has 2 aromatic rings. The Morgan fingerprint density at radius 1 is 1.11 bits per heavy atom. The predicted molar refractivity (Wildman–Crippen MR) is 78.4 cm³/mol. The highest BCUT2D eigenvalue weighted by Gasteiger charge is 2.25. The van der Waals surface area contributed by atoms with Gasteiger partial charge in [-0.25, -0.2) is 0 Å². The quantitative estimate of drug-likeness (QED) is 0.894. The summed E-state index contributed by atoms with van der Waals surface area (Å²) in [6.45, 7) is 6.00. The van der Waals surface area contributed by atoms with E-state index < -0.39 is 0 Å². The number of benzene rings is 2. The number of carbonyl (C=O) groups is 1. The molecule has 0 atom stereocenters. The largest absolute Gasteiger partial charge is 0.507 e. The summed E-state index contributed by atoms with van der Waals surface area (Å²) >= 11 is 0. The van der Waals surface area contributed by atoms with E-state index in [4.69, 9.17) is 0 Å². The van der Waals surface area contributed by atoms with Crippen LogP contribution < -0.4 is 0 Å². The Balaban J connectivity index is 2.42. The van der Waals surface area contributed by atoms with Crippen LogP contribution in [0.2, 0.25) is 0 Å². The third kappa shape index (κ3) is 2.62. The Kier molecular flexibility index (Phi) is 3.61. The number of carbonyl (C=O) groups excluding carboxylic acids is 1. The van der Waals surface area contributed by atoms with Gasteiger partial charge in [0.05, 0.1) is 0 Å². The number of hydrogen-bond acceptors (Lipinski definition) is 2. The molecule has 0 unspecified atom stereocenters. The molecule has 0 radical (unpaired) electrons. The van der Waals surface area contributed by atoms with E-state index in [1.807, 2.05) is 51.1 Å². The van der Waals surface area contributed by atoms with Crippen LogP contribution in [0.15, 0.2) is 36.4 Å². The lowest BCUT2D eigenvalue weighted by Gasteiger charge is -2.21. The Morgan fingerprint density at radius 2 is 1.74 bits per heavy atom. The van der Waals surface area contributed by atoms with Gasteiger partial charge in [-0.2, -0.15) is 0 Å². The van der Waals surface area contributed by atoms with Crippen molar-refractivity contribution in [2.75, 3.05) is 0 Å². The van der Waals surface area contributed by atoms with E-state index in [0.29, 0.717) is 6.42 Å². The maximum absolute atomic E-state index is 12.3. The molecule has 0 spiro atoms. The fraction of sp³-hybridized carbons (Fsp3) is 0.353. The van der Waals surface area contributed by atoms with Gasteiger partial charge < -0.3 is 5.11 Å². The van der Waals surface area contributed by atoms with Crippen LogP contribution in [0.4, 0.5) is 0 Å². The van der Waals surface area contributed by atoms with Crippen molar-refractivity contribution in [3.8, 4) is 5.75 Å². The van der Waals surface area contributed by atoms with Crippen molar-refractivity contribution in [2.45, 2.75) is 33.6 Å². The molecule has 19 heavy (non-hydrogen) atoms. The molecule has 0 aliphatic heterocycles. The Hall–Kier alpha value is -1.83. The topological polar surface area (TPSA) is 37.3 Å². The minimum Gasteiger partial charge on any atom is -0.507 e. The zero-order chi connectivity index (χ0) is 14.0. The number of Topliss-reactive ketones (excluding diaryl/α,β-unsaturated/α-hetero) is 1. The molecule has 1 N–H and O–H groups in total. The highest BCUT2D eigenvalue weighted by Crippen LogP contribution is 2.29. The number of aromatic hydroxyl groups is 1. The van der Waals surface area contributed by atoms with E-state index in [-0.39, 0.29) is 16.9 Å². The van der Waals surface area contributed by atoms with Crippen molar-refractivity contribution in [1.82, 2.24) is 0 Å². The molecule has 0 aromatic heterocycles. The van der Waals surface area contributed by atoms with E-state index in [1.165, 1.54) is 0 Å². The third-order valence-corrected chi connectivity index (χ3v) is 3.98. The summed E-state index contributed by atoms with van der Waals surface area (Å²) in [7, 11) is 0. The molecule has 100 valence electrons. The molecule has 0 fully saturated rings. The van der Waals surface area contributed by atoms with E-state index in [1.54, 1.807) is 6.07 Å². The third-order valence-electron chi connectivity index (χ3n) is 3.98. The zero-order valence-electron chi connectivity index (χ0n) is 11.7. The molecular formula is C17H20O2. The van der Waals surface area contributed by atoms with Crippen LogP contribution >= 0.6 is 0 Å². The van der Waals surface area contributed by atoms with Gasteiger partial charge in [0.2, 0.25) is 0 Å². The van der Waals surface area contributed by atoms with Gasteiger partial charge in [-0.05, 0) is 23.4 Å². The lowest BCUT2D eigenvalue weighted by atomic mass is 9.82. The first-order valence-corrected chi connectivity index (χ1v) is 6.68. The molecule has 2 heteroatoms. The number of rotatable bonds is 4. The number of phenolic OH excluding ortho intramolecular Hbond substituents is 1. The first-order valence-electron chi connectivity index (χ1n) is 6.68. The van der Waals surface area contributed by atoms with Crippen molar-refractivity contribution >= 4 is 16.6 Å². The van der Waals surface area contributed by atoms with Crippen molar-refractivity contribution < 1.29 is 9.90 Å². The summed E-state index contributed by atoms with van der Waals surface area (Å²) in [5.74, 6) is 0.507. The lowest BCUT2D eigenvalue weighted by molar-refractivity contribution is -0.126. The fourth-order valence-corrected chi connectivity index (χ4v) is 2.12. The summed E-state index contributed by atoms with van der Waals surface area (Å²) < 4.78 is 0. The second-order valence-corrected chi connectivity index (χ2v) is 5.63. The Bertz CT molecular complexity index is 612.